The maximum Gasteiger partial charge on any atom is 0.120 e. The van der Waals surface area contributed by atoms with E-state index >= 15 is 0 Å². The molecule has 0 aromatic heterocycles. The van der Waals surface area contributed by atoms with Crippen LogP contribution in [0.2, 0.25) is 0 Å². The summed E-state index contributed by atoms with van der Waals surface area (Å²) in [6, 6.07) is 3.53. The highest BCUT2D eigenvalue weighted by Gasteiger charge is 2.08. The first-order valence-corrected chi connectivity index (χ1v) is 4.48. The van der Waals surface area contributed by atoms with E-state index in [-0.39, 0.29) is 0 Å². The van der Waals surface area contributed by atoms with Crippen LogP contribution in [0.3, 0.4) is 0 Å². The number of benzene rings is 1. The molecular weight excluding hydrogens is 218 g/mol. The van der Waals surface area contributed by atoms with Gasteiger partial charge in [0.15, 0.2) is 0 Å². The predicted molar refractivity (Wildman–Crippen MR) is 54.9 cm³/mol. The summed E-state index contributed by atoms with van der Waals surface area (Å²) in [5.74, 6) is 0.335. The van der Waals surface area contributed by atoms with E-state index in [1.54, 1.807) is 6.07 Å². The average Bonchev–Trinajstić information content (AvgIpc) is 1.97. The van der Waals surface area contributed by atoms with E-state index in [1.807, 2.05) is 32.0 Å². The summed E-state index contributed by atoms with van der Waals surface area (Å²) >= 11 is 3.43. The Hall–Kier alpha value is -0.700. The molecule has 0 aliphatic rings. The van der Waals surface area contributed by atoms with Crippen LogP contribution in [-0.2, 0) is 0 Å². The van der Waals surface area contributed by atoms with Crippen LogP contribution < -0.4 is 4.90 Å². The summed E-state index contributed by atoms with van der Waals surface area (Å²) in [5.41, 5.74) is 1.92. The van der Waals surface area contributed by atoms with Crippen LogP contribution in [0, 0.1) is 6.92 Å². The summed E-state index contributed by atoms with van der Waals surface area (Å²) in [7, 11) is 3.90. The number of anilines is 1. The summed E-state index contributed by atoms with van der Waals surface area (Å²) < 4.78 is 1.00. The molecule has 0 saturated heterocycles. The molecule has 66 valence electrons. The maximum absolute atomic E-state index is 9.43. The monoisotopic (exact) mass is 229 g/mol. The molecule has 1 aromatic carbocycles. The smallest absolute Gasteiger partial charge is 0.120 e. The molecule has 0 aliphatic carbocycles. The Morgan fingerprint density at radius 2 is 1.92 bits per heavy atom. The highest BCUT2D eigenvalue weighted by Crippen LogP contribution is 2.33. The molecule has 0 heterocycles. The van der Waals surface area contributed by atoms with Gasteiger partial charge in [0, 0.05) is 24.1 Å². The SMILES string of the molecule is Cc1c(O)ccc(Br)c1N(C)C. The third kappa shape index (κ3) is 1.55. The molecular formula is C9H12BrNO. The van der Waals surface area contributed by atoms with Gasteiger partial charge >= 0.3 is 0 Å². The number of hydrogen-bond acceptors (Lipinski definition) is 2. The van der Waals surface area contributed by atoms with Crippen LogP contribution in [0.1, 0.15) is 5.56 Å². The molecule has 0 atom stereocenters. The fraction of sp³-hybridized carbons (Fsp3) is 0.333. The molecule has 1 rings (SSSR count). The Bertz CT molecular complexity index is 297. The number of rotatable bonds is 1. The first-order chi connectivity index (χ1) is 5.54. The van der Waals surface area contributed by atoms with Crippen molar-refractivity contribution >= 4 is 21.6 Å². The van der Waals surface area contributed by atoms with Crippen LogP contribution in [0.5, 0.6) is 5.75 Å². The Morgan fingerprint density at radius 1 is 1.33 bits per heavy atom. The Balaban J connectivity index is 3.33. The minimum absolute atomic E-state index is 0.335. The van der Waals surface area contributed by atoms with Gasteiger partial charge in [-0.25, -0.2) is 0 Å². The van der Waals surface area contributed by atoms with Crippen LogP contribution in [0.15, 0.2) is 16.6 Å². The third-order valence-corrected chi connectivity index (χ3v) is 2.44. The summed E-state index contributed by atoms with van der Waals surface area (Å²) in [5, 5.41) is 9.43. The van der Waals surface area contributed by atoms with E-state index in [4.69, 9.17) is 0 Å². The Morgan fingerprint density at radius 3 is 2.33 bits per heavy atom. The fourth-order valence-corrected chi connectivity index (χ4v) is 1.99. The summed E-state index contributed by atoms with van der Waals surface area (Å²) in [4.78, 5) is 1.97. The molecule has 0 fully saturated rings. The van der Waals surface area contributed by atoms with E-state index in [2.05, 4.69) is 15.9 Å². The zero-order valence-electron chi connectivity index (χ0n) is 7.43. The lowest BCUT2D eigenvalue weighted by molar-refractivity contribution is 0.471. The van der Waals surface area contributed by atoms with Gasteiger partial charge in [-0.2, -0.15) is 0 Å². The zero-order chi connectivity index (χ0) is 9.30. The summed E-state index contributed by atoms with van der Waals surface area (Å²) in [6.45, 7) is 1.90. The van der Waals surface area contributed by atoms with Crippen molar-refractivity contribution in [3.8, 4) is 5.75 Å². The lowest BCUT2D eigenvalue weighted by Gasteiger charge is -2.18. The summed E-state index contributed by atoms with van der Waals surface area (Å²) in [6.07, 6.45) is 0. The second-order valence-corrected chi connectivity index (χ2v) is 3.79. The molecule has 12 heavy (non-hydrogen) atoms. The standard InChI is InChI=1S/C9H12BrNO/c1-6-8(12)5-4-7(10)9(6)11(2)3/h4-5,12H,1-3H3. The maximum atomic E-state index is 9.43. The van der Waals surface area contributed by atoms with Crippen molar-refractivity contribution < 1.29 is 5.11 Å². The molecule has 2 nitrogen and oxygen atoms in total. The van der Waals surface area contributed by atoms with Gasteiger partial charge in [0.1, 0.15) is 5.75 Å². The lowest BCUT2D eigenvalue weighted by atomic mass is 10.1. The van der Waals surface area contributed by atoms with Gasteiger partial charge < -0.3 is 10.0 Å². The fourth-order valence-electron chi connectivity index (χ4n) is 1.21. The highest BCUT2D eigenvalue weighted by molar-refractivity contribution is 9.10. The molecule has 0 amide bonds. The molecule has 0 aliphatic heterocycles. The van der Waals surface area contributed by atoms with E-state index in [0.29, 0.717) is 5.75 Å². The van der Waals surface area contributed by atoms with Crippen molar-refractivity contribution in [1.29, 1.82) is 0 Å². The Labute approximate surface area is 80.9 Å². The van der Waals surface area contributed by atoms with Crippen molar-refractivity contribution in [2.45, 2.75) is 6.92 Å². The van der Waals surface area contributed by atoms with Gasteiger partial charge in [-0.05, 0) is 35.0 Å². The van der Waals surface area contributed by atoms with Gasteiger partial charge in [-0.1, -0.05) is 0 Å². The van der Waals surface area contributed by atoms with Gasteiger partial charge in [0.25, 0.3) is 0 Å². The average molecular weight is 230 g/mol. The third-order valence-electron chi connectivity index (χ3n) is 1.80. The number of phenols is 1. The molecule has 1 aromatic rings. The predicted octanol–water partition coefficient (Wildman–Crippen LogP) is 2.53. The van der Waals surface area contributed by atoms with E-state index in [0.717, 1.165) is 15.7 Å². The first kappa shape index (κ1) is 9.39. The molecule has 0 bridgehead atoms. The quantitative estimate of drug-likeness (QED) is 0.801. The van der Waals surface area contributed by atoms with Crippen molar-refractivity contribution in [3.05, 3.63) is 22.2 Å². The zero-order valence-corrected chi connectivity index (χ0v) is 9.01. The van der Waals surface area contributed by atoms with E-state index in [1.165, 1.54) is 0 Å². The number of halogens is 1. The van der Waals surface area contributed by atoms with Gasteiger partial charge in [-0.3, -0.25) is 0 Å². The minimum Gasteiger partial charge on any atom is -0.508 e. The Kier molecular flexibility index (Phi) is 2.62. The molecule has 0 unspecified atom stereocenters. The van der Waals surface area contributed by atoms with Crippen molar-refractivity contribution in [2.24, 2.45) is 0 Å². The number of aromatic hydroxyl groups is 1. The largest absolute Gasteiger partial charge is 0.508 e. The lowest BCUT2D eigenvalue weighted by Crippen LogP contribution is -2.10. The number of phenolic OH excluding ortho intramolecular Hbond substituents is 1. The molecule has 0 saturated carbocycles. The second kappa shape index (κ2) is 3.35. The molecule has 0 radical (unpaired) electrons. The van der Waals surface area contributed by atoms with E-state index < -0.39 is 0 Å². The van der Waals surface area contributed by atoms with Crippen molar-refractivity contribution in [3.63, 3.8) is 0 Å². The van der Waals surface area contributed by atoms with Crippen molar-refractivity contribution in [1.82, 2.24) is 0 Å². The normalized spacial score (nSPS) is 10.0. The van der Waals surface area contributed by atoms with Gasteiger partial charge in [0.05, 0.1) is 5.69 Å². The van der Waals surface area contributed by atoms with Gasteiger partial charge in [0.2, 0.25) is 0 Å². The van der Waals surface area contributed by atoms with Crippen LogP contribution in [0.4, 0.5) is 5.69 Å². The molecule has 0 spiro atoms. The van der Waals surface area contributed by atoms with Crippen LogP contribution >= 0.6 is 15.9 Å². The highest BCUT2D eigenvalue weighted by atomic mass is 79.9. The minimum atomic E-state index is 0.335. The van der Waals surface area contributed by atoms with Crippen LogP contribution in [0.25, 0.3) is 0 Å². The topological polar surface area (TPSA) is 23.5 Å². The first-order valence-electron chi connectivity index (χ1n) is 3.69. The molecule has 3 heteroatoms. The number of hydrogen-bond donors (Lipinski definition) is 1. The second-order valence-electron chi connectivity index (χ2n) is 2.93. The van der Waals surface area contributed by atoms with Gasteiger partial charge in [-0.15, -0.1) is 0 Å². The van der Waals surface area contributed by atoms with E-state index in [9.17, 15) is 5.11 Å². The number of nitrogens with zero attached hydrogens (tertiary/aromatic N) is 1. The van der Waals surface area contributed by atoms with Crippen molar-refractivity contribution in [2.75, 3.05) is 19.0 Å². The molecule has 1 N–H and O–H groups in total. The van der Waals surface area contributed by atoms with Crippen LogP contribution in [-0.4, -0.2) is 19.2 Å².